The van der Waals surface area contributed by atoms with Crippen molar-refractivity contribution in [3.8, 4) is 11.4 Å². The Morgan fingerprint density at radius 3 is 1.36 bits per heavy atom. The largest absolute Gasteiger partial charge is 0.755 e. The summed E-state index contributed by atoms with van der Waals surface area (Å²) in [6.07, 6.45) is 5.10. The standard InChI is InChI=1S/C35H28F2N8O9S2/c1-53-33(46)29-15-23(7-13-31(29)44(55(49)50)27-17-38-42(19-27)25-9-3-21(36)4-10-25)40-35(48)41-24-8-14-32(30(16-24)34(47)54-2)45(56(51)52)28-18-39-43(20-28)26-11-5-22(37)6-12-26/h3-20H,1-2H3,(H,49,50)(H,51,52)(H2,40,41,48)/p-2. The number of hydrogen-bond donors (Lipinski definition) is 2. The topological polar surface area (TPSA) is 216 Å². The molecule has 0 aliphatic rings. The van der Waals surface area contributed by atoms with Crippen LogP contribution < -0.4 is 19.2 Å². The lowest BCUT2D eigenvalue weighted by atomic mass is 10.1. The number of carbonyl (C=O) groups excluding carboxylic acids is 3. The Kier molecular flexibility index (Phi) is 11.6. The summed E-state index contributed by atoms with van der Waals surface area (Å²) in [6.45, 7) is 0. The second kappa shape index (κ2) is 16.7. The molecule has 288 valence electrons. The average molecular weight is 805 g/mol. The third-order valence-corrected chi connectivity index (χ3v) is 9.26. The molecule has 0 aliphatic carbocycles. The fourth-order valence-electron chi connectivity index (χ4n) is 5.34. The van der Waals surface area contributed by atoms with E-state index in [2.05, 4.69) is 20.8 Å². The van der Waals surface area contributed by atoms with E-state index < -0.39 is 52.1 Å². The molecule has 2 N–H and O–H groups in total. The number of methoxy groups -OCH3 is 2. The Morgan fingerprint density at radius 1 is 0.643 bits per heavy atom. The molecule has 0 saturated heterocycles. The Morgan fingerprint density at radius 2 is 1.02 bits per heavy atom. The second-order valence-electron chi connectivity index (χ2n) is 11.3. The summed E-state index contributed by atoms with van der Waals surface area (Å²) < 4.78 is 90.7. The van der Waals surface area contributed by atoms with Gasteiger partial charge in [-0.05, 0) is 84.9 Å². The third-order valence-electron chi connectivity index (χ3n) is 7.84. The summed E-state index contributed by atoms with van der Waals surface area (Å²) in [5, 5.41) is 13.3. The molecule has 0 aliphatic heterocycles. The molecule has 6 rings (SSSR count). The minimum Gasteiger partial charge on any atom is -0.755 e. The Bertz CT molecular complexity index is 2310. The molecule has 0 bridgehead atoms. The number of amides is 2. The van der Waals surface area contributed by atoms with Crippen LogP contribution in [0.2, 0.25) is 0 Å². The predicted octanol–water partition coefficient (Wildman–Crippen LogP) is 5.42. The highest BCUT2D eigenvalue weighted by Gasteiger charge is 2.24. The van der Waals surface area contributed by atoms with Crippen molar-refractivity contribution in [1.29, 1.82) is 0 Å². The van der Waals surface area contributed by atoms with Gasteiger partial charge in [0.1, 0.15) is 11.6 Å². The molecule has 0 saturated carbocycles. The van der Waals surface area contributed by atoms with Crippen LogP contribution in [0.1, 0.15) is 20.7 Å². The number of carbonyl (C=O) groups is 3. The molecule has 0 spiro atoms. The zero-order chi connectivity index (χ0) is 40.1. The molecular formula is C35H26F2N8O9S2-2. The number of ether oxygens (including phenoxy) is 2. The van der Waals surface area contributed by atoms with Gasteiger partial charge >= 0.3 is 18.0 Å². The van der Waals surface area contributed by atoms with Crippen molar-refractivity contribution in [3.63, 3.8) is 0 Å². The number of urea groups is 1. The molecule has 2 atom stereocenters. The average Bonchev–Trinajstić information content (AvgIpc) is 3.87. The van der Waals surface area contributed by atoms with E-state index in [4.69, 9.17) is 9.47 Å². The first-order chi connectivity index (χ1) is 26.9. The SMILES string of the molecule is COC(=O)c1cc(NC(=O)Nc2ccc(N(c3cnn(-c4ccc(F)cc4)c3)S(=O)[O-])c(C(=O)OC)c2)ccc1N(c1cnn(-c2ccc(F)cc2)c1)S(=O)[O-]. The normalized spacial score (nSPS) is 12.0. The maximum Gasteiger partial charge on any atom is 0.340 e. The summed E-state index contributed by atoms with van der Waals surface area (Å²) >= 11 is -5.99. The van der Waals surface area contributed by atoms with Crippen LogP contribution in [0.25, 0.3) is 11.4 Å². The highest BCUT2D eigenvalue weighted by molar-refractivity contribution is 7.81. The first kappa shape index (κ1) is 38.9. The Labute approximate surface area is 320 Å². The van der Waals surface area contributed by atoms with Gasteiger partial charge in [0.25, 0.3) is 0 Å². The van der Waals surface area contributed by atoms with Gasteiger partial charge in [0.05, 0.1) is 107 Å². The van der Waals surface area contributed by atoms with Crippen LogP contribution in [-0.4, -0.2) is 69.3 Å². The predicted molar refractivity (Wildman–Crippen MR) is 197 cm³/mol. The van der Waals surface area contributed by atoms with Gasteiger partial charge in [0.15, 0.2) is 0 Å². The fraction of sp³-hybridized carbons (Fsp3) is 0.0571. The van der Waals surface area contributed by atoms with Crippen LogP contribution in [0.15, 0.2) is 110 Å². The van der Waals surface area contributed by atoms with E-state index in [-0.39, 0.29) is 45.3 Å². The van der Waals surface area contributed by atoms with Crippen molar-refractivity contribution in [2.45, 2.75) is 0 Å². The van der Waals surface area contributed by atoms with Crippen molar-refractivity contribution in [3.05, 3.63) is 132 Å². The number of rotatable bonds is 12. The third kappa shape index (κ3) is 8.44. The van der Waals surface area contributed by atoms with Crippen LogP contribution in [0, 0.1) is 11.6 Å². The van der Waals surface area contributed by atoms with E-state index in [1.165, 1.54) is 119 Å². The van der Waals surface area contributed by atoms with E-state index >= 15 is 0 Å². The zero-order valence-corrected chi connectivity index (χ0v) is 30.5. The first-order valence-electron chi connectivity index (χ1n) is 15.8. The number of benzene rings is 4. The molecule has 0 fully saturated rings. The maximum atomic E-state index is 13.4. The summed E-state index contributed by atoms with van der Waals surface area (Å²) in [5.74, 6) is -2.87. The fourth-order valence-corrected chi connectivity index (χ4v) is 6.51. The molecule has 17 nitrogen and oxygen atoms in total. The van der Waals surface area contributed by atoms with Gasteiger partial charge in [-0.3, -0.25) is 17.0 Å². The van der Waals surface area contributed by atoms with Crippen LogP contribution in [0.4, 0.5) is 47.7 Å². The number of nitrogens with zero attached hydrogens (tertiary/aromatic N) is 6. The molecule has 2 aromatic heterocycles. The summed E-state index contributed by atoms with van der Waals surface area (Å²) in [4.78, 5) is 38.9. The van der Waals surface area contributed by atoms with Gasteiger partial charge in [-0.1, -0.05) is 0 Å². The zero-order valence-electron chi connectivity index (χ0n) is 28.8. The molecule has 2 heterocycles. The summed E-state index contributed by atoms with van der Waals surface area (Å²) in [6, 6.07) is 17.1. The van der Waals surface area contributed by atoms with Crippen LogP contribution in [0.3, 0.4) is 0 Å². The number of nitrogens with one attached hydrogen (secondary N) is 2. The van der Waals surface area contributed by atoms with Crippen molar-refractivity contribution < 1.29 is 50.2 Å². The molecule has 6 aromatic rings. The van der Waals surface area contributed by atoms with Gasteiger partial charge in [-0.2, -0.15) is 10.2 Å². The molecule has 56 heavy (non-hydrogen) atoms. The second-order valence-corrected chi connectivity index (χ2v) is 12.9. The van der Waals surface area contributed by atoms with E-state index in [9.17, 15) is 40.7 Å². The van der Waals surface area contributed by atoms with E-state index in [1.54, 1.807) is 0 Å². The number of aromatic nitrogens is 4. The van der Waals surface area contributed by atoms with Gasteiger partial charge in [-0.15, -0.1) is 0 Å². The lowest BCUT2D eigenvalue weighted by molar-refractivity contribution is 0.0593. The van der Waals surface area contributed by atoms with Crippen LogP contribution >= 0.6 is 0 Å². The molecule has 0 radical (unpaired) electrons. The lowest BCUT2D eigenvalue weighted by Gasteiger charge is -2.27. The first-order valence-corrected chi connectivity index (χ1v) is 17.9. The van der Waals surface area contributed by atoms with Gasteiger partial charge in [-0.25, -0.2) is 32.5 Å². The van der Waals surface area contributed by atoms with Gasteiger partial charge < -0.3 is 29.2 Å². The van der Waals surface area contributed by atoms with Crippen LogP contribution in [-0.2, 0) is 32.0 Å². The minimum atomic E-state index is -3.00. The van der Waals surface area contributed by atoms with Crippen molar-refractivity contribution in [2.75, 3.05) is 33.5 Å². The highest BCUT2D eigenvalue weighted by atomic mass is 32.2. The molecular weight excluding hydrogens is 779 g/mol. The molecule has 2 amide bonds. The van der Waals surface area contributed by atoms with Crippen molar-refractivity contribution in [1.82, 2.24) is 19.6 Å². The Hall–Kier alpha value is -6.81. The monoisotopic (exact) mass is 804 g/mol. The van der Waals surface area contributed by atoms with Gasteiger partial charge in [0, 0.05) is 11.4 Å². The van der Waals surface area contributed by atoms with Crippen molar-refractivity contribution in [2.24, 2.45) is 0 Å². The summed E-state index contributed by atoms with van der Waals surface area (Å²) in [7, 11) is 2.15. The number of esters is 2. The number of halogens is 2. The quantitative estimate of drug-likeness (QED) is 0.118. The lowest BCUT2D eigenvalue weighted by Crippen LogP contribution is -2.24. The number of hydrogen-bond acceptors (Lipinski definition) is 11. The smallest absolute Gasteiger partial charge is 0.340 e. The van der Waals surface area contributed by atoms with Crippen molar-refractivity contribution >= 4 is 74.6 Å². The minimum absolute atomic E-state index is 0.0113. The van der Waals surface area contributed by atoms with E-state index in [0.717, 1.165) is 22.8 Å². The Balaban J connectivity index is 1.25. The molecule has 4 aromatic carbocycles. The molecule has 2 unspecified atom stereocenters. The number of anilines is 6. The van der Waals surface area contributed by atoms with Crippen LogP contribution in [0.5, 0.6) is 0 Å². The van der Waals surface area contributed by atoms with Gasteiger partial charge in [0.2, 0.25) is 0 Å². The summed E-state index contributed by atoms with van der Waals surface area (Å²) in [5.41, 5.74) is 0.0545. The molecule has 21 heteroatoms. The van der Waals surface area contributed by atoms with E-state index in [0.29, 0.717) is 11.4 Å². The van der Waals surface area contributed by atoms with E-state index in [1.807, 2.05) is 0 Å². The highest BCUT2D eigenvalue weighted by Crippen LogP contribution is 2.35. The maximum absolute atomic E-state index is 13.4.